The van der Waals surface area contributed by atoms with Crippen molar-refractivity contribution in [3.63, 3.8) is 0 Å². The van der Waals surface area contributed by atoms with E-state index in [1.54, 1.807) is 4.90 Å². The number of carbonyl (C=O) groups excluding carboxylic acids is 1. The molecule has 1 amide bonds. The molecule has 1 saturated carbocycles. The van der Waals surface area contributed by atoms with Gasteiger partial charge in [-0.1, -0.05) is 48.5 Å². The molecule has 2 aliphatic carbocycles. The third kappa shape index (κ3) is 3.30. The molecule has 2 fully saturated rings. The molecule has 164 valence electrons. The van der Waals surface area contributed by atoms with E-state index in [2.05, 4.69) is 24.3 Å². The van der Waals surface area contributed by atoms with Gasteiger partial charge in [-0.2, -0.15) is 13.2 Å². The van der Waals surface area contributed by atoms with Gasteiger partial charge in [0.15, 0.2) is 5.60 Å². The maximum Gasteiger partial charge on any atom is 0.417 e. The second-order valence-electron chi connectivity index (χ2n) is 9.17. The number of nitrogens with zero attached hydrogens (tertiary/aromatic N) is 1. The number of likely N-dealkylation sites (tertiary alicyclic amines) is 1. The molecule has 1 spiro atoms. The number of carbonyl (C=O) groups is 1. The molecule has 0 radical (unpaired) electrons. The van der Waals surface area contributed by atoms with E-state index in [-0.39, 0.29) is 25.4 Å². The first-order valence-corrected chi connectivity index (χ1v) is 10.6. The Morgan fingerprint density at radius 1 is 1.00 bits per heavy atom. The molecule has 0 bridgehead atoms. The quantitative estimate of drug-likeness (QED) is 0.719. The number of hydrogen-bond donors (Lipinski definition) is 1. The van der Waals surface area contributed by atoms with Crippen molar-refractivity contribution < 1.29 is 27.8 Å². The van der Waals surface area contributed by atoms with Crippen molar-refractivity contribution in [2.75, 3.05) is 19.7 Å². The van der Waals surface area contributed by atoms with Gasteiger partial charge in [-0.25, -0.2) is 4.79 Å². The van der Waals surface area contributed by atoms with Crippen LogP contribution in [0.1, 0.15) is 42.7 Å². The van der Waals surface area contributed by atoms with Crippen molar-refractivity contribution in [2.45, 2.75) is 43.4 Å². The van der Waals surface area contributed by atoms with Crippen LogP contribution >= 0.6 is 0 Å². The predicted molar refractivity (Wildman–Crippen MR) is 109 cm³/mol. The van der Waals surface area contributed by atoms with Crippen molar-refractivity contribution in [1.82, 2.24) is 4.90 Å². The minimum atomic E-state index is -4.60. The minimum absolute atomic E-state index is 0.0269. The van der Waals surface area contributed by atoms with E-state index in [0.717, 1.165) is 22.3 Å². The topological polar surface area (TPSA) is 49.8 Å². The highest BCUT2D eigenvalue weighted by molar-refractivity contribution is 5.79. The van der Waals surface area contributed by atoms with E-state index in [1.165, 1.54) is 0 Å². The maximum atomic E-state index is 13.0. The van der Waals surface area contributed by atoms with E-state index in [4.69, 9.17) is 4.74 Å². The normalized spacial score (nSPS) is 21.4. The fourth-order valence-corrected chi connectivity index (χ4v) is 5.59. The third-order valence-corrected chi connectivity index (χ3v) is 7.28. The second-order valence-corrected chi connectivity index (χ2v) is 9.17. The summed E-state index contributed by atoms with van der Waals surface area (Å²) in [5, 5.41) is 9.77. The fourth-order valence-electron chi connectivity index (χ4n) is 5.59. The molecule has 5 rings (SSSR count). The number of amides is 1. The first-order valence-electron chi connectivity index (χ1n) is 10.6. The summed E-state index contributed by atoms with van der Waals surface area (Å²) in [5.74, 6) is -0.0269. The Morgan fingerprint density at radius 3 is 2.03 bits per heavy atom. The largest absolute Gasteiger partial charge is 0.448 e. The Morgan fingerprint density at radius 2 is 1.52 bits per heavy atom. The molecule has 1 N–H and O–H groups in total. The number of benzene rings is 2. The van der Waals surface area contributed by atoms with Gasteiger partial charge in [0.2, 0.25) is 0 Å². The number of fused-ring (bicyclic) bond motifs is 3. The standard InChI is InChI=1S/C24H24F3NO3/c25-24(26,27)23(30)14-22(15-23)9-11-28(12-10-22)21(29)31-13-20-18-7-3-1-5-16(18)17-6-2-4-8-19(17)20/h1-8,20,30H,9-15H2. The van der Waals surface area contributed by atoms with Crippen LogP contribution in [0.4, 0.5) is 18.0 Å². The van der Waals surface area contributed by atoms with Gasteiger partial charge in [-0.3, -0.25) is 0 Å². The zero-order valence-corrected chi connectivity index (χ0v) is 17.0. The Labute approximate surface area is 178 Å². The maximum absolute atomic E-state index is 13.0. The lowest BCUT2D eigenvalue weighted by Gasteiger charge is -2.56. The highest BCUT2D eigenvalue weighted by atomic mass is 19.4. The zero-order valence-electron chi connectivity index (χ0n) is 17.0. The van der Waals surface area contributed by atoms with E-state index in [9.17, 15) is 23.1 Å². The summed E-state index contributed by atoms with van der Waals surface area (Å²) >= 11 is 0. The van der Waals surface area contributed by atoms with Gasteiger partial charge in [0, 0.05) is 19.0 Å². The van der Waals surface area contributed by atoms with Crippen LogP contribution in [0, 0.1) is 5.41 Å². The van der Waals surface area contributed by atoms with Crippen LogP contribution in [0.5, 0.6) is 0 Å². The third-order valence-electron chi connectivity index (χ3n) is 7.28. The Balaban J connectivity index is 1.20. The Hall–Kier alpha value is -2.54. The van der Waals surface area contributed by atoms with Gasteiger partial charge in [-0.15, -0.1) is 0 Å². The number of halogens is 3. The summed E-state index contributed by atoms with van der Waals surface area (Å²) in [7, 11) is 0. The van der Waals surface area contributed by atoms with Gasteiger partial charge in [-0.05, 0) is 53.4 Å². The van der Waals surface area contributed by atoms with E-state index < -0.39 is 23.3 Å². The molecule has 0 atom stereocenters. The average molecular weight is 431 g/mol. The molecule has 0 unspecified atom stereocenters. The van der Waals surface area contributed by atoms with Gasteiger partial charge in [0.25, 0.3) is 0 Å². The molecular formula is C24H24F3NO3. The summed E-state index contributed by atoms with van der Waals surface area (Å²) in [5.41, 5.74) is 1.48. The van der Waals surface area contributed by atoms with Gasteiger partial charge >= 0.3 is 12.3 Å². The SMILES string of the molecule is O=C(OCC1c2ccccc2-c2ccccc21)N1CCC2(CC1)CC(O)(C(F)(F)F)C2. The number of piperidine rings is 1. The van der Waals surface area contributed by atoms with Crippen molar-refractivity contribution in [2.24, 2.45) is 5.41 Å². The monoisotopic (exact) mass is 431 g/mol. The summed E-state index contributed by atoms with van der Waals surface area (Å²) < 4.78 is 44.5. The number of aliphatic hydroxyl groups is 1. The van der Waals surface area contributed by atoms with Crippen LogP contribution in [-0.4, -0.2) is 47.6 Å². The molecular weight excluding hydrogens is 407 g/mol. The van der Waals surface area contributed by atoms with Crippen LogP contribution in [0.3, 0.4) is 0 Å². The van der Waals surface area contributed by atoms with E-state index in [0.29, 0.717) is 25.9 Å². The Kier molecular flexibility index (Phi) is 4.59. The number of rotatable bonds is 2. The summed E-state index contributed by atoms with van der Waals surface area (Å²) in [4.78, 5) is 14.2. The summed E-state index contributed by atoms with van der Waals surface area (Å²) in [6.45, 7) is 0.928. The van der Waals surface area contributed by atoms with Gasteiger partial charge in [0.1, 0.15) is 6.61 Å². The lowest BCUT2D eigenvalue weighted by molar-refractivity contribution is -0.320. The number of alkyl halides is 3. The molecule has 4 nitrogen and oxygen atoms in total. The highest BCUT2D eigenvalue weighted by Gasteiger charge is 2.67. The molecule has 3 aliphatic rings. The summed E-state index contributed by atoms with van der Waals surface area (Å²) in [6, 6.07) is 16.2. The number of ether oxygens (including phenoxy) is 1. The van der Waals surface area contributed by atoms with Crippen molar-refractivity contribution in [3.8, 4) is 11.1 Å². The molecule has 1 heterocycles. The zero-order chi connectivity index (χ0) is 21.9. The van der Waals surface area contributed by atoms with E-state index in [1.807, 2.05) is 24.3 Å². The van der Waals surface area contributed by atoms with E-state index >= 15 is 0 Å². The molecule has 0 aromatic heterocycles. The molecule has 7 heteroatoms. The molecule has 31 heavy (non-hydrogen) atoms. The summed E-state index contributed by atoms with van der Waals surface area (Å²) in [6.07, 6.45) is -4.67. The average Bonchev–Trinajstić information content (AvgIpc) is 3.05. The first kappa shape index (κ1) is 20.4. The predicted octanol–water partition coefficient (Wildman–Crippen LogP) is 5.10. The van der Waals surface area contributed by atoms with Crippen molar-refractivity contribution >= 4 is 6.09 Å². The molecule has 1 saturated heterocycles. The van der Waals surface area contributed by atoms with Gasteiger partial charge in [0.05, 0.1) is 0 Å². The Bertz CT molecular complexity index is 958. The minimum Gasteiger partial charge on any atom is -0.448 e. The smallest absolute Gasteiger partial charge is 0.417 e. The van der Waals surface area contributed by atoms with Crippen LogP contribution in [0.2, 0.25) is 0 Å². The molecule has 2 aromatic rings. The first-order chi connectivity index (χ1) is 14.7. The fraction of sp³-hybridized carbons (Fsp3) is 0.458. The van der Waals surface area contributed by atoms with Gasteiger partial charge < -0.3 is 14.7 Å². The van der Waals surface area contributed by atoms with Crippen molar-refractivity contribution in [3.05, 3.63) is 59.7 Å². The lowest BCUT2D eigenvalue weighted by Crippen LogP contribution is -2.63. The van der Waals surface area contributed by atoms with Crippen molar-refractivity contribution in [1.29, 1.82) is 0 Å². The van der Waals surface area contributed by atoms with Crippen LogP contribution < -0.4 is 0 Å². The van der Waals surface area contributed by atoms with Crippen LogP contribution in [0.15, 0.2) is 48.5 Å². The lowest BCUT2D eigenvalue weighted by atomic mass is 9.55. The molecule has 1 aliphatic heterocycles. The van der Waals surface area contributed by atoms with Crippen LogP contribution in [-0.2, 0) is 4.74 Å². The van der Waals surface area contributed by atoms with Crippen LogP contribution in [0.25, 0.3) is 11.1 Å². The molecule has 2 aromatic carbocycles. The highest BCUT2D eigenvalue weighted by Crippen LogP contribution is 2.60. The number of hydrogen-bond acceptors (Lipinski definition) is 3. The second kappa shape index (κ2) is 6.99.